The van der Waals surface area contributed by atoms with Crippen molar-refractivity contribution in [3.63, 3.8) is 0 Å². The molecule has 0 spiro atoms. The lowest BCUT2D eigenvalue weighted by atomic mass is 10.4. The molecule has 0 fully saturated rings. The molecule has 0 unspecified atom stereocenters. The molecule has 10 heavy (non-hydrogen) atoms. The fraction of sp³-hybridized carbons (Fsp3) is 0.333. The van der Waals surface area contributed by atoms with Crippen LogP contribution in [-0.4, -0.2) is 24.5 Å². The Kier molecular flexibility index (Phi) is 5.41. The summed E-state index contributed by atoms with van der Waals surface area (Å²) in [5.41, 5.74) is 0. The first-order chi connectivity index (χ1) is 4.77. The van der Waals surface area contributed by atoms with Gasteiger partial charge in [-0.15, -0.1) is 0 Å². The average Bonchev–Trinajstić information content (AvgIpc) is 1.87. The predicted octanol–water partition coefficient (Wildman–Crippen LogP) is 1.62. The highest BCUT2D eigenvalue weighted by Crippen LogP contribution is 1.74. The van der Waals surface area contributed by atoms with Gasteiger partial charge < -0.3 is 0 Å². The molecule has 0 aliphatic carbocycles. The summed E-state index contributed by atoms with van der Waals surface area (Å²) >= 11 is 0. The minimum Gasteiger partial charge on any atom is -0.194 e. The first-order valence-corrected chi connectivity index (χ1v) is 3.32. The van der Waals surface area contributed by atoms with Crippen LogP contribution in [0, 0.1) is 0 Å². The zero-order chi connectivity index (χ0) is 7.82. The SMILES string of the molecule is CC=CC=CC=C=[N+](C)C. The summed E-state index contributed by atoms with van der Waals surface area (Å²) in [4.78, 5) is 0. The molecule has 0 atom stereocenters. The molecule has 0 rings (SSSR count). The second kappa shape index (κ2) is 6.06. The van der Waals surface area contributed by atoms with E-state index in [0.29, 0.717) is 0 Å². The molecule has 0 aliphatic rings. The fourth-order valence-electron chi connectivity index (χ4n) is 0.423. The Morgan fingerprint density at radius 1 is 1.10 bits per heavy atom. The van der Waals surface area contributed by atoms with Crippen molar-refractivity contribution < 1.29 is 4.58 Å². The summed E-state index contributed by atoms with van der Waals surface area (Å²) < 4.78 is 1.88. The molecule has 1 nitrogen and oxygen atoms in total. The quantitative estimate of drug-likeness (QED) is 0.308. The molecule has 0 heterocycles. The molecule has 54 valence electrons. The van der Waals surface area contributed by atoms with E-state index in [0.717, 1.165) is 0 Å². The molecule has 0 saturated carbocycles. The smallest absolute Gasteiger partial charge is 0.166 e. The van der Waals surface area contributed by atoms with Crippen LogP contribution >= 0.6 is 0 Å². The predicted molar refractivity (Wildman–Crippen MR) is 45.6 cm³/mol. The van der Waals surface area contributed by atoms with E-state index in [1.807, 2.05) is 56.0 Å². The monoisotopic (exact) mass is 136 g/mol. The molecule has 0 aromatic carbocycles. The van der Waals surface area contributed by atoms with Gasteiger partial charge in [0.25, 0.3) is 0 Å². The lowest BCUT2D eigenvalue weighted by Crippen LogP contribution is -1.90. The highest BCUT2D eigenvalue weighted by molar-refractivity contribution is 5.49. The summed E-state index contributed by atoms with van der Waals surface area (Å²) in [6.45, 7) is 1.99. The lowest BCUT2D eigenvalue weighted by Gasteiger charge is -1.70. The van der Waals surface area contributed by atoms with Gasteiger partial charge in [-0.2, -0.15) is 4.58 Å². The minimum atomic E-state index is 1.88. The Bertz CT molecular complexity index is 187. The molecule has 0 aromatic heterocycles. The number of hydrogen-bond donors (Lipinski definition) is 0. The van der Waals surface area contributed by atoms with Crippen molar-refractivity contribution in [2.45, 2.75) is 6.92 Å². The second-order valence-corrected chi connectivity index (χ2v) is 2.10. The Hall–Kier alpha value is -1.07. The van der Waals surface area contributed by atoms with Crippen molar-refractivity contribution >= 4 is 5.87 Å². The van der Waals surface area contributed by atoms with Crippen LogP contribution in [0.2, 0.25) is 0 Å². The molecular weight excluding hydrogens is 122 g/mol. The van der Waals surface area contributed by atoms with Crippen LogP contribution in [0.4, 0.5) is 0 Å². The number of rotatable bonds is 2. The zero-order valence-corrected chi connectivity index (χ0v) is 6.83. The molecule has 0 aromatic rings. The summed E-state index contributed by atoms with van der Waals surface area (Å²) in [5, 5.41) is 0. The number of allylic oxidation sites excluding steroid dienone is 5. The molecule has 1 heteroatoms. The van der Waals surface area contributed by atoms with Crippen molar-refractivity contribution in [3.8, 4) is 0 Å². The molecule has 0 bridgehead atoms. The third kappa shape index (κ3) is 6.93. The molecule has 0 saturated heterocycles. The van der Waals surface area contributed by atoms with E-state index in [2.05, 4.69) is 5.87 Å². The van der Waals surface area contributed by atoms with Crippen molar-refractivity contribution in [3.05, 3.63) is 30.4 Å². The van der Waals surface area contributed by atoms with Crippen LogP contribution in [0.15, 0.2) is 30.4 Å². The second-order valence-electron chi connectivity index (χ2n) is 2.10. The van der Waals surface area contributed by atoms with Crippen LogP contribution in [0.5, 0.6) is 0 Å². The van der Waals surface area contributed by atoms with E-state index in [1.165, 1.54) is 0 Å². The highest BCUT2D eigenvalue weighted by atomic mass is 14.9. The first-order valence-electron chi connectivity index (χ1n) is 3.32. The van der Waals surface area contributed by atoms with Crippen molar-refractivity contribution in [1.82, 2.24) is 0 Å². The van der Waals surface area contributed by atoms with E-state index < -0.39 is 0 Å². The third-order valence-corrected chi connectivity index (χ3v) is 0.844. The van der Waals surface area contributed by atoms with Crippen LogP contribution in [0.1, 0.15) is 6.92 Å². The van der Waals surface area contributed by atoms with E-state index in [1.54, 1.807) is 0 Å². The van der Waals surface area contributed by atoms with Gasteiger partial charge in [0.1, 0.15) is 14.1 Å². The maximum atomic E-state index is 2.99. The maximum Gasteiger partial charge on any atom is 0.166 e. The van der Waals surface area contributed by atoms with Crippen molar-refractivity contribution in [2.24, 2.45) is 0 Å². The zero-order valence-electron chi connectivity index (χ0n) is 6.83. The summed E-state index contributed by atoms with van der Waals surface area (Å²) in [5.74, 6) is 2.99. The van der Waals surface area contributed by atoms with Gasteiger partial charge in [0.05, 0.1) is 0 Å². The van der Waals surface area contributed by atoms with Crippen molar-refractivity contribution in [1.29, 1.82) is 0 Å². The van der Waals surface area contributed by atoms with Gasteiger partial charge in [-0.25, -0.2) is 0 Å². The van der Waals surface area contributed by atoms with Gasteiger partial charge in [0.15, 0.2) is 5.87 Å². The average molecular weight is 136 g/mol. The van der Waals surface area contributed by atoms with Gasteiger partial charge in [0.2, 0.25) is 0 Å². The standard InChI is InChI=1S/C9H14N/c1-4-5-6-7-8-9-10(2)3/h4-8H,1-3H3/q+1. The molecular formula is C9H14N+. The van der Waals surface area contributed by atoms with Crippen LogP contribution < -0.4 is 0 Å². The Balaban J connectivity index is 3.85. The van der Waals surface area contributed by atoms with E-state index in [-0.39, 0.29) is 0 Å². The lowest BCUT2D eigenvalue weighted by molar-refractivity contribution is -0.456. The van der Waals surface area contributed by atoms with Gasteiger partial charge >= 0.3 is 0 Å². The molecule has 0 radical (unpaired) electrons. The Morgan fingerprint density at radius 2 is 1.80 bits per heavy atom. The number of hydrogen-bond acceptors (Lipinski definition) is 0. The van der Waals surface area contributed by atoms with Gasteiger partial charge in [-0.3, -0.25) is 0 Å². The van der Waals surface area contributed by atoms with E-state index in [4.69, 9.17) is 0 Å². The maximum absolute atomic E-state index is 2.99. The summed E-state index contributed by atoms with van der Waals surface area (Å²) in [6, 6.07) is 0. The largest absolute Gasteiger partial charge is 0.194 e. The minimum absolute atomic E-state index is 1.88. The van der Waals surface area contributed by atoms with Crippen molar-refractivity contribution in [2.75, 3.05) is 14.1 Å². The van der Waals surface area contributed by atoms with E-state index >= 15 is 0 Å². The molecule has 0 amide bonds. The van der Waals surface area contributed by atoms with Crippen LogP contribution in [-0.2, 0) is 0 Å². The van der Waals surface area contributed by atoms with Crippen LogP contribution in [0.25, 0.3) is 0 Å². The van der Waals surface area contributed by atoms with Gasteiger partial charge in [0, 0.05) is 6.08 Å². The van der Waals surface area contributed by atoms with Gasteiger partial charge in [-0.05, 0) is 13.0 Å². The topological polar surface area (TPSA) is 3.01 Å². The normalized spacial score (nSPS) is 10.3. The number of nitrogens with zero attached hydrogens (tertiary/aromatic N) is 1. The fourth-order valence-corrected chi connectivity index (χ4v) is 0.423. The summed E-state index contributed by atoms with van der Waals surface area (Å²) in [6.07, 6.45) is 9.75. The molecule has 0 aliphatic heterocycles. The summed E-state index contributed by atoms with van der Waals surface area (Å²) in [7, 11) is 3.89. The van der Waals surface area contributed by atoms with E-state index in [9.17, 15) is 0 Å². The van der Waals surface area contributed by atoms with Crippen LogP contribution in [0.3, 0.4) is 0 Å². The Morgan fingerprint density at radius 3 is 2.30 bits per heavy atom. The Labute approximate surface area is 62.7 Å². The first kappa shape index (κ1) is 8.93. The highest BCUT2D eigenvalue weighted by Gasteiger charge is 1.68. The third-order valence-electron chi connectivity index (χ3n) is 0.844. The molecule has 0 N–H and O–H groups in total. The van der Waals surface area contributed by atoms with Gasteiger partial charge in [-0.1, -0.05) is 18.2 Å².